The summed E-state index contributed by atoms with van der Waals surface area (Å²) in [5.74, 6) is -0.840. The molecule has 2 amide bonds. The van der Waals surface area contributed by atoms with Crippen LogP contribution < -0.4 is 15.5 Å². The third-order valence-electron chi connectivity index (χ3n) is 3.54. The lowest BCUT2D eigenvalue weighted by Gasteiger charge is -2.14. The molecule has 108 valence electrons. The van der Waals surface area contributed by atoms with E-state index >= 15 is 0 Å². The van der Waals surface area contributed by atoms with Gasteiger partial charge in [0.2, 0.25) is 0 Å². The van der Waals surface area contributed by atoms with Crippen molar-refractivity contribution >= 4 is 23.4 Å². The maximum Gasteiger partial charge on any atom is 0.319 e. The largest absolute Gasteiger partial charge is 0.481 e. The van der Waals surface area contributed by atoms with Crippen LogP contribution in [0.25, 0.3) is 0 Å². The predicted molar refractivity (Wildman–Crippen MR) is 77.1 cm³/mol. The van der Waals surface area contributed by atoms with Gasteiger partial charge in [-0.3, -0.25) is 4.79 Å². The highest BCUT2D eigenvalue weighted by molar-refractivity contribution is 5.90. The molecule has 0 atom stereocenters. The Labute approximate surface area is 117 Å². The Balaban J connectivity index is 1.84. The van der Waals surface area contributed by atoms with Crippen molar-refractivity contribution in [1.82, 2.24) is 5.32 Å². The molecular formula is C14H19N3O3. The van der Waals surface area contributed by atoms with Crippen LogP contribution in [-0.2, 0) is 4.79 Å². The molecule has 2 rings (SSSR count). The molecule has 1 aromatic carbocycles. The van der Waals surface area contributed by atoms with Crippen LogP contribution in [0.2, 0.25) is 0 Å². The van der Waals surface area contributed by atoms with Gasteiger partial charge in [-0.05, 0) is 37.1 Å². The van der Waals surface area contributed by atoms with Gasteiger partial charge in [-0.15, -0.1) is 0 Å². The van der Waals surface area contributed by atoms with Gasteiger partial charge in [-0.2, -0.15) is 0 Å². The van der Waals surface area contributed by atoms with Gasteiger partial charge in [0.25, 0.3) is 0 Å². The Morgan fingerprint density at radius 3 is 2.30 bits per heavy atom. The monoisotopic (exact) mass is 277 g/mol. The first kappa shape index (κ1) is 14.2. The van der Waals surface area contributed by atoms with E-state index in [2.05, 4.69) is 10.6 Å². The third-order valence-corrected chi connectivity index (χ3v) is 3.54. The molecule has 0 radical (unpaired) electrons. The zero-order valence-corrected chi connectivity index (χ0v) is 11.6. The number of hydrogen-bond acceptors (Lipinski definition) is 3. The Bertz CT molecular complexity index is 507. The summed E-state index contributed by atoms with van der Waals surface area (Å²) in [6.07, 6.45) is 1.25. The molecule has 6 heteroatoms. The average Bonchev–Trinajstić information content (AvgIpc) is 3.18. The fourth-order valence-corrected chi connectivity index (χ4v) is 1.88. The average molecular weight is 277 g/mol. The summed E-state index contributed by atoms with van der Waals surface area (Å²) in [5.41, 5.74) is 0.971. The first-order valence-corrected chi connectivity index (χ1v) is 6.49. The van der Waals surface area contributed by atoms with E-state index in [9.17, 15) is 9.59 Å². The second-order valence-corrected chi connectivity index (χ2v) is 5.33. The van der Waals surface area contributed by atoms with E-state index < -0.39 is 11.4 Å². The molecule has 0 aliphatic heterocycles. The second-order valence-electron chi connectivity index (χ2n) is 5.33. The van der Waals surface area contributed by atoms with Gasteiger partial charge in [0.15, 0.2) is 0 Å². The zero-order valence-electron chi connectivity index (χ0n) is 11.6. The van der Waals surface area contributed by atoms with Gasteiger partial charge < -0.3 is 20.6 Å². The maximum atomic E-state index is 11.7. The first-order valence-electron chi connectivity index (χ1n) is 6.49. The summed E-state index contributed by atoms with van der Waals surface area (Å²) >= 11 is 0. The van der Waals surface area contributed by atoms with Crippen LogP contribution >= 0.6 is 0 Å². The third kappa shape index (κ3) is 3.20. The van der Waals surface area contributed by atoms with Gasteiger partial charge in [0.05, 0.1) is 5.41 Å². The van der Waals surface area contributed by atoms with E-state index in [0.717, 1.165) is 5.69 Å². The van der Waals surface area contributed by atoms with E-state index in [1.165, 1.54) is 0 Å². The van der Waals surface area contributed by atoms with Crippen LogP contribution in [0.4, 0.5) is 16.2 Å². The number of benzene rings is 1. The van der Waals surface area contributed by atoms with Gasteiger partial charge in [0.1, 0.15) is 0 Å². The molecule has 1 aliphatic rings. The van der Waals surface area contributed by atoms with Crippen LogP contribution in [0.15, 0.2) is 24.3 Å². The number of amides is 2. The molecule has 1 aromatic rings. The van der Waals surface area contributed by atoms with Gasteiger partial charge in [0, 0.05) is 32.0 Å². The van der Waals surface area contributed by atoms with Crippen molar-refractivity contribution in [2.75, 3.05) is 30.9 Å². The normalized spacial score (nSPS) is 15.3. The number of carbonyl (C=O) groups is 2. The fourth-order valence-electron chi connectivity index (χ4n) is 1.88. The molecule has 0 heterocycles. The lowest BCUT2D eigenvalue weighted by atomic mass is 10.1. The lowest BCUT2D eigenvalue weighted by molar-refractivity contribution is -0.143. The molecule has 0 aromatic heterocycles. The highest BCUT2D eigenvalue weighted by atomic mass is 16.4. The fraction of sp³-hybridized carbons (Fsp3) is 0.429. The minimum absolute atomic E-state index is 0.171. The van der Waals surface area contributed by atoms with Crippen molar-refractivity contribution in [3.05, 3.63) is 24.3 Å². The van der Waals surface area contributed by atoms with E-state index in [-0.39, 0.29) is 12.6 Å². The predicted octanol–water partition coefficient (Wildman–Crippen LogP) is 1.74. The number of carbonyl (C=O) groups excluding carboxylic acids is 1. The van der Waals surface area contributed by atoms with Crippen molar-refractivity contribution < 1.29 is 14.7 Å². The Morgan fingerprint density at radius 2 is 1.85 bits per heavy atom. The Morgan fingerprint density at radius 1 is 1.25 bits per heavy atom. The number of urea groups is 1. The maximum absolute atomic E-state index is 11.7. The van der Waals surface area contributed by atoms with Crippen molar-refractivity contribution in [1.29, 1.82) is 0 Å². The van der Waals surface area contributed by atoms with E-state index in [1.54, 1.807) is 12.1 Å². The zero-order chi connectivity index (χ0) is 14.8. The van der Waals surface area contributed by atoms with Crippen molar-refractivity contribution in [2.24, 2.45) is 5.41 Å². The van der Waals surface area contributed by atoms with E-state index in [0.29, 0.717) is 18.5 Å². The minimum Gasteiger partial charge on any atom is -0.481 e. The summed E-state index contributed by atoms with van der Waals surface area (Å²) in [4.78, 5) is 24.6. The number of hydrogen-bond donors (Lipinski definition) is 3. The molecular weight excluding hydrogens is 258 g/mol. The summed E-state index contributed by atoms with van der Waals surface area (Å²) < 4.78 is 0. The van der Waals surface area contributed by atoms with Crippen LogP contribution in [0.5, 0.6) is 0 Å². The Kier molecular flexibility index (Phi) is 3.83. The number of nitrogens with zero attached hydrogens (tertiary/aromatic N) is 1. The van der Waals surface area contributed by atoms with Gasteiger partial charge in [-0.25, -0.2) is 4.79 Å². The van der Waals surface area contributed by atoms with Crippen LogP contribution in [0.1, 0.15) is 12.8 Å². The highest BCUT2D eigenvalue weighted by Crippen LogP contribution is 2.45. The molecule has 6 nitrogen and oxygen atoms in total. The molecule has 3 N–H and O–H groups in total. The lowest BCUT2D eigenvalue weighted by Crippen LogP contribution is -2.36. The number of carboxylic acid groups (broad SMARTS) is 1. The second kappa shape index (κ2) is 5.40. The summed E-state index contributed by atoms with van der Waals surface area (Å²) in [5, 5.41) is 14.3. The smallest absolute Gasteiger partial charge is 0.319 e. The molecule has 1 fully saturated rings. The molecule has 1 aliphatic carbocycles. The molecule has 20 heavy (non-hydrogen) atoms. The quantitative estimate of drug-likeness (QED) is 0.765. The van der Waals surface area contributed by atoms with Crippen LogP contribution in [0.3, 0.4) is 0 Å². The standard InChI is InChI=1S/C14H19N3O3/c1-17(2)11-5-3-10(4-6-11)16-13(20)15-9-14(7-8-14)12(18)19/h3-6H,7-9H2,1-2H3,(H,18,19)(H2,15,16,20). The summed E-state index contributed by atoms with van der Waals surface area (Å²) in [7, 11) is 3.88. The number of rotatable bonds is 5. The first-order chi connectivity index (χ1) is 9.43. The van der Waals surface area contributed by atoms with Crippen molar-refractivity contribution in [3.63, 3.8) is 0 Å². The molecule has 0 bridgehead atoms. The number of carboxylic acids is 1. The number of aliphatic carboxylic acids is 1. The number of anilines is 2. The van der Waals surface area contributed by atoms with E-state index in [1.807, 2.05) is 31.1 Å². The summed E-state index contributed by atoms with van der Waals surface area (Å²) in [6.45, 7) is 0.171. The SMILES string of the molecule is CN(C)c1ccc(NC(=O)NCC2(C(=O)O)CC2)cc1. The van der Waals surface area contributed by atoms with Crippen molar-refractivity contribution in [3.8, 4) is 0 Å². The van der Waals surface area contributed by atoms with Gasteiger partial charge in [-0.1, -0.05) is 0 Å². The van der Waals surface area contributed by atoms with Crippen LogP contribution in [-0.4, -0.2) is 37.7 Å². The molecule has 0 saturated heterocycles. The Hall–Kier alpha value is -2.24. The molecule has 0 unspecified atom stereocenters. The minimum atomic E-state index is -0.840. The summed E-state index contributed by atoms with van der Waals surface area (Å²) in [6, 6.07) is 7.03. The topological polar surface area (TPSA) is 81.7 Å². The van der Waals surface area contributed by atoms with Gasteiger partial charge >= 0.3 is 12.0 Å². The van der Waals surface area contributed by atoms with Crippen LogP contribution in [0, 0.1) is 5.41 Å². The molecule has 0 spiro atoms. The molecule has 1 saturated carbocycles. The highest BCUT2D eigenvalue weighted by Gasteiger charge is 2.50. The van der Waals surface area contributed by atoms with Crippen molar-refractivity contribution in [2.45, 2.75) is 12.8 Å². The van der Waals surface area contributed by atoms with E-state index in [4.69, 9.17) is 5.11 Å². The number of nitrogens with one attached hydrogen (secondary N) is 2.